The predicted octanol–water partition coefficient (Wildman–Crippen LogP) is 3.09. The number of ether oxygens (including phenoxy) is 1. The molecule has 80 valence electrons. The summed E-state index contributed by atoms with van der Waals surface area (Å²) in [4.78, 5) is 11.3. The van der Waals surface area contributed by atoms with Crippen LogP contribution in [0.3, 0.4) is 0 Å². The number of esters is 1. The molecule has 0 heterocycles. The molecule has 0 N–H and O–H groups in total. The van der Waals surface area contributed by atoms with E-state index >= 15 is 0 Å². The third-order valence-electron chi connectivity index (χ3n) is 1.73. The quantitative estimate of drug-likeness (QED) is 0.384. The molecule has 14 heavy (non-hydrogen) atoms. The molecule has 2 heteroatoms. The summed E-state index contributed by atoms with van der Waals surface area (Å²) in [5.41, 5.74) is 2.32. The Labute approximate surface area is 86.6 Å². The van der Waals surface area contributed by atoms with E-state index in [0.29, 0.717) is 6.61 Å². The molecule has 0 aliphatic carbocycles. The van der Waals surface area contributed by atoms with E-state index < -0.39 is 0 Å². The highest BCUT2D eigenvalue weighted by molar-refractivity contribution is 5.75. The molecule has 0 unspecified atom stereocenters. The second-order valence-electron chi connectivity index (χ2n) is 4.29. The van der Waals surface area contributed by atoms with E-state index in [9.17, 15) is 4.79 Å². The molecular weight excluding hydrogens is 176 g/mol. The molecule has 0 aromatic rings. The lowest BCUT2D eigenvalue weighted by atomic mass is 9.97. The van der Waals surface area contributed by atoms with E-state index in [2.05, 4.69) is 12.3 Å². The molecule has 2 nitrogen and oxygen atoms in total. The first-order valence-corrected chi connectivity index (χ1v) is 5.00. The summed E-state index contributed by atoms with van der Waals surface area (Å²) in [6, 6.07) is 0. The Morgan fingerprint density at radius 3 is 2.57 bits per heavy atom. The van der Waals surface area contributed by atoms with E-state index in [-0.39, 0.29) is 11.4 Å². The highest BCUT2D eigenvalue weighted by atomic mass is 16.5. The molecule has 0 radical (unpaired) electrons. The molecule has 0 atom stereocenters. The molecule has 0 fully saturated rings. The van der Waals surface area contributed by atoms with Crippen molar-refractivity contribution in [3.63, 3.8) is 0 Å². The van der Waals surface area contributed by atoms with Gasteiger partial charge in [-0.2, -0.15) is 0 Å². The van der Waals surface area contributed by atoms with Crippen LogP contribution in [0.1, 0.15) is 40.0 Å². The highest BCUT2D eigenvalue weighted by Crippen LogP contribution is 2.15. The lowest BCUT2D eigenvalue weighted by molar-refractivity contribution is -0.153. The molecule has 0 aliphatic rings. The van der Waals surface area contributed by atoms with Gasteiger partial charge in [-0.3, -0.25) is 4.79 Å². The maximum absolute atomic E-state index is 11.3. The van der Waals surface area contributed by atoms with Crippen LogP contribution in [0.5, 0.6) is 0 Å². The Hall–Kier alpha value is -1.01. The van der Waals surface area contributed by atoms with Gasteiger partial charge in [-0.15, -0.1) is 5.73 Å². The summed E-state index contributed by atoms with van der Waals surface area (Å²) in [5, 5.41) is 0. The summed E-state index contributed by atoms with van der Waals surface area (Å²) in [6.45, 7) is 9.56. The van der Waals surface area contributed by atoms with Crippen molar-refractivity contribution in [3.8, 4) is 0 Å². The van der Waals surface area contributed by atoms with Crippen molar-refractivity contribution in [2.24, 2.45) is 5.41 Å². The van der Waals surface area contributed by atoms with Crippen molar-refractivity contribution in [3.05, 3.63) is 18.4 Å². The van der Waals surface area contributed by atoms with Crippen LogP contribution in [0, 0.1) is 5.41 Å². The number of rotatable bonds is 5. The molecule has 0 amide bonds. The highest BCUT2D eigenvalue weighted by Gasteiger charge is 2.22. The molecule has 0 spiro atoms. The summed E-state index contributed by atoms with van der Waals surface area (Å²) >= 11 is 0. The number of unbranched alkanes of at least 4 members (excludes halogenated alkanes) is 2. The van der Waals surface area contributed by atoms with Crippen LogP contribution in [-0.2, 0) is 9.53 Å². The summed E-state index contributed by atoms with van der Waals surface area (Å²) in [7, 11) is 0. The molecule has 0 aromatic carbocycles. The van der Waals surface area contributed by atoms with E-state index in [1.165, 1.54) is 0 Å². The maximum Gasteiger partial charge on any atom is 0.311 e. The van der Waals surface area contributed by atoms with Crippen LogP contribution in [0.25, 0.3) is 0 Å². The standard InChI is InChI=1S/C12H20O2/c1-5-6-7-8-9-10-14-11(13)12(2,3)4/h6H,1,7-10H2,2-4H3. The van der Waals surface area contributed by atoms with Gasteiger partial charge in [-0.25, -0.2) is 0 Å². The van der Waals surface area contributed by atoms with Gasteiger partial charge >= 0.3 is 5.97 Å². The first-order valence-electron chi connectivity index (χ1n) is 5.00. The minimum atomic E-state index is -0.388. The van der Waals surface area contributed by atoms with Crippen molar-refractivity contribution < 1.29 is 9.53 Å². The third kappa shape index (κ3) is 6.50. The summed E-state index contributed by atoms with van der Waals surface area (Å²) in [5.74, 6) is -0.128. The largest absolute Gasteiger partial charge is 0.465 e. The normalized spacial score (nSPS) is 10.5. The van der Waals surface area contributed by atoms with Crippen molar-refractivity contribution in [2.75, 3.05) is 6.61 Å². The number of hydrogen-bond donors (Lipinski definition) is 0. The lowest BCUT2D eigenvalue weighted by Crippen LogP contribution is -2.23. The van der Waals surface area contributed by atoms with Crippen LogP contribution in [0.15, 0.2) is 18.4 Å². The van der Waals surface area contributed by atoms with Gasteiger partial charge in [0.1, 0.15) is 0 Å². The number of hydrogen-bond acceptors (Lipinski definition) is 2. The van der Waals surface area contributed by atoms with Crippen molar-refractivity contribution in [2.45, 2.75) is 40.0 Å². The second-order valence-corrected chi connectivity index (χ2v) is 4.29. The minimum Gasteiger partial charge on any atom is -0.465 e. The Morgan fingerprint density at radius 1 is 1.43 bits per heavy atom. The Balaban J connectivity index is 3.46. The van der Waals surface area contributed by atoms with E-state index in [1.807, 2.05) is 26.8 Å². The molecule has 0 aromatic heterocycles. The van der Waals surface area contributed by atoms with Crippen LogP contribution in [-0.4, -0.2) is 12.6 Å². The smallest absolute Gasteiger partial charge is 0.311 e. The van der Waals surface area contributed by atoms with Gasteiger partial charge in [0.25, 0.3) is 0 Å². The molecule has 0 bridgehead atoms. The van der Waals surface area contributed by atoms with Gasteiger partial charge in [-0.05, 0) is 46.1 Å². The van der Waals surface area contributed by atoms with Gasteiger partial charge in [0.15, 0.2) is 0 Å². The molecular formula is C12H20O2. The summed E-state index contributed by atoms with van der Waals surface area (Å²) < 4.78 is 5.10. The predicted molar refractivity (Wildman–Crippen MR) is 58.0 cm³/mol. The first-order chi connectivity index (χ1) is 6.48. The van der Waals surface area contributed by atoms with Gasteiger partial charge in [0.2, 0.25) is 0 Å². The van der Waals surface area contributed by atoms with Crippen LogP contribution >= 0.6 is 0 Å². The van der Waals surface area contributed by atoms with E-state index in [1.54, 1.807) is 0 Å². The Morgan fingerprint density at radius 2 is 2.07 bits per heavy atom. The number of carbonyl (C=O) groups is 1. The maximum atomic E-state index is 11.3. The van der Waals surface area contributed by atoms with Crippen LogP contribution in [0.4, 0.5) is 0 Å². The average molecular weight is 196 g/mol. The number of allylic oxidation sites excluding steroid dienone is 1. The summed E-state index contributed by atoms with van der Waals surface area (Å²) in [6.07, 6.45) is 4.77. The Kier molecular flexibility index (Phi) is 5.98. The molecule has 0 rings (SSSR count). The SMILES string of the molecule is C=C=CCCCCOC(=O)C(C)(C)C. The van der Waals surface area contributed by atoms with Gasteiger partial charge in [0.05, 0.1) is 12.0 Å². The fourth-order valence-corrected chi connectivity index (χ4v) is 0.832. The zero-order valence-corrected chi connectivity index (χ0v) is 9.43. The minimum absolute atomic E-state index is 0.128. The van der Waals surface area contributed by atoms with E-state index in [0.717, 1.165) is 19.3 Å². The monoisotopic (exact) mass is 196 g/mol. The molecule has 0 saturated heterocycles. The lowest BCUT2D eigenvalue weighted by Gasteiger charge is -2.16. The second kappa shape index (κ2) is 6.44. The van der Waals surface area contributed by atoms with Gasteiger partial charge in [0, 0.05) is 0 Å². The van der Waals surface area contributed by atoms with Crippen LogP contribution in [0.2, 0.25) is 0 Å². The van der Waals surface area contributed by atoms with E-state index in [4.69, 9.17) is 4.74 Å². The van der Waals surface area contributed by atoms with Crippen molar-refractivity contribution in [1.29, 1.82) is 0 Å². The van der Waals surface area contributed by atoms with Crippen molar-refractivity contribution in [1.82, 2.24) is 0 Å². The average Bonchev–Trinajstić information content (AvgIpc) is 2.09. The fraction of sp³-hybridized carbons (Fsp3) is 0.667. The molecule has 0 aliphatic heterocycles. The van der Waals surface area contributed by atoms with Gasteiger partial charge < -0.3 is 4.74 Å². The Bertz CT molecular complexity index is 217. The zero-order valence-electron chi connectivity index (χ0n) is 9.43. The number of carbonyl (C=O) groups excluding carboxylic acids is 1. The fourth-order valence-electron chi connectivity index (χ4n) is 0.832. The van der Waals surface area contributed by atoms with Crippen LogP contribution < -0.4 is 0 Å². The van der Waals surface area contributed by atoms with Crippen molar-refractivity contribution >= 4 is 5.97 Å². The third-order valence-corrected chi connectivity index (χ3v) is 1.73. The zero-order chi connectivity index (χ0) is 11.0. The first kappa shape index (κ1) is 13.0. The molecule has 0 saturated carbocycles. The van der Waals surface area contributed by atoms with Gasteiger partial charge in [-0.1, -0.05) is 6.58 Å². The topological polar surface area (TPSA) is 26.3 Å².